The fourth-order valence-corrected chi connectivity index (χ4v) is 2.20. The van der Waals surface area contributed by atoms with Gasteiger partial charge in [-0.2, -0.15) is 11.8 Å². The van der Waals surface area contributed by atoms with Crippen LogP contribution in [0.5, 0.6) is 0 Å². The van der Waals surface area contributed by atoms with Crippen LogP contribution in [0.4, 0.5) is 0 Å². The average molecular weight is 187 g/mol. The molecule has 3 heteroatoms. The Labute approximate surface area is 78.5 Å². The molecule has 12 heavy (non-hydrogen) atoms. The van der Waals surface area contributed by atoms with E-state index in [-0.39, 0.29) is 11.3 Å². The highest BCUT2D eigenvalue weighted by Gasteiger charge is 2.25. The van der Waals surface area contributed by atoms with Gasteiger partial charge in [-0.25, -0.2) is 0 Å². The molecule has 1 aliphatic rings. The van der Waals surface area contributed by atoms with Crippen molar-refractivity contribution < 1.29 is 4.79 Å². The molecule has 0 radical (unpaired) electrons. The molecule has 0 spiro atoms. The van der Waals surface area contributed by atoms with Gasteiger partial charge in [-0.15, -0.1) is 0 Å². The number of amides is 1. The summed E-state index contributed by atoms with van der Waals surface area (Å²) in [6.45, 7) is 5.85. The fourth-order valence-electron chi connectivity index (χ4n) is 1.05. The molecule has 2 nitrogen and oxygen atoms in total. The van der Waals surface area contributed by atoms with Crippen molar-refractivity contribution in [3.8, 4) is 0 Å². The van der Waals surface area contributed by atoms with E-state index >= 15 is 0 Å². The molecule has 1 fully saturated rings. The Morgan fingerprint density at radius 2 is 2.17 bits per heavy atom. The fraction of sp³-hybridized carbons (Fsp3) is 0.889. The van der Waals surface area contributed by atoms with Gasteiger partial charge in [-0.05, 0) is 12.2 Å². The van der Waals surface area contributed by atoms with Gasteiger partial charge in [-0.3, -0.25) is 4.79 Å². The van der Waals surface area contributed by atoms with Gasteiger partial charge >= 0.3 is 0 Å². The quantitative estimate of drug-likeness (QED) is 0.676. The number of carbonyl (C=O) groups excluding carboxylic acids is 1. The normalized spacial score (nSPS) is 24.1. The third kappa shape index (κ3) is 2.70. The van der Waals surface area contributed by atoms with Crippen LogP contribution in [0.2, 0.25) is 0 Å². The van der Waals surface area contributed by atoms with Crippen LogP contribution in [0, 0.1) is 5.41 Å². The number of carbonyl (C=O) groups is 1. The van der Waals surface area contributed by atoms with Crippen molar-refractivity contribution in [2.45, 2.75) is 33.2 Å². The van der Waals surface area contributed by atoms with Gasteiger partial charge in [0.25, 0.3) is 0 Å². The Kier molecular flexibility index (Phi) is 3.04. The minimum Gasteiger partial charge on any atom is -0.352 e. The summed E-state index contributed by atoms with van der Waals surface area (Å²) in [6, 6.07) is 0.418. The molecule has 1 unspecified atom stereocenters. The molecule has 1 rings (SSSR count). The van der Waals surface area contributed by atoms with E-state index in [1.165, 1.54) is 5.75 Å². The smallest absolute Gasteiger partial charge is 0.225 e. The average Bonchev–Trinajstić information content (AvgIpc) is 2.37. The summed E-state index contributed by atoms with van der Waals surface area (Å²) < 4.78 is 0. The zero-order valence-electron chi connectivity index (χ0n) is 8.02. The van der Waals surface area contributed by atoms with Crippen molar-refractivity contribution in [3.05, 3.63) is 0 Å². The molecular formula is C9H17NOS. The number of nitrogens with one attached hydrogen (secondary N) is 1. The highest BCUT2D eigenvalue weighted by atomic mass is 32.2. The van der Waals surface area contributed by atoms with Gasteiger partial charge in [0.15, 0.2) is 0 Å². The van der Waals surface area contributed by atoms with Gasteiger partial charge in [0, 0.05) is 17.2 Å². The van der Waals surface area contributed by atoms with Gasteiger partial charge in [0.1, 0.15) is 0 Å². The van der Waals surface area contributed by atoms with Crippen LogP contribution in [-0.2, 0) is 4.79 Å². The second-order valence-electron chi connectivity index (χ2n) is 4.28. The Hall–Kier alpha value is -0.180. The third-order valence-corrected chi connectivity index (χ3v) is 3.11. The van der Waals surface area contributed by atoms with E-state index in [0.717, 1.165) is 12.2 Å². The van der Waals surface area contributed by atoms with Crippen molar-refractivity contribution in [2.24, 2.45) is 5.41 Å². The molecule has 0 aromatic rings. The van der Waals surface area contributed by atoms with E-state index in [0.29, 0.717) is 6.04 Å². The van der Waals surface area contributed by atoms with Gasteiger partial charge in [0.05, 0.1) is 0 Å². The van der Waals surface area contributed by atoms with Crippen LogP contribution in [-0.4, -0.2) is 23.5 Å². The Bertz CT molecular complexity index is 168. The SMILES string of the molecule is CC(C)(C)C(=O)NC1CCSC1. The summed E-state index contributed by atoms with van der Waals surface area (Å²) in [4.78, 5) is 11.5. The van der Waals surface area contributed by atoms with Crippen LogP contribution >= 0.6 is 11.8 Å². The maximum atomic E-state index is 11.5. The van der Waals surface area contributed by atoms with Crippen LogP contribution < -0.4 is 5.32 Å². The molecule has 0 saturated carbocycles. The molecule has 0 bridgehead atoms. The molecule has 1 saturated heterocycles. The lowest BCUT2D eigenvalue weighted by molar-refractivity contribution is -0.129. The summed E-state index contributed by atoms with van der Waals surface area (Å²) in [5, 5.41) is 3.06. The van der Waals surface area contributed by atoms with Crippen molar-refractivity contribution in [1.82, 2.24) is 5.32 Å². The number of hydrogen-bond donors (Lipinski definition) is 1. The minimum atomic E-state index is -0.243. The topological polar surface area (TPSA) is 29.1 Å². The number of hydrogen-bond acceptors (Lipinski definition) is 2. The molecule has 0 aromatic carbocycles. The van der Waals surface area contributed by atoms with E-state index in [1.54, 1.807) is 0 Å². The maximum absolute atomic E-state index is 11.5. The van der Waals surface area contributed by atoms with Crippen molar-refractivity contribution in [2.75, 3.05) is 11.5 Å². The molecule has 1 heterocycles. The molecule has 1 atom stereocenters. The van der Waals surface area contributed by atoms with E-state index in [1.807, 2.05) is 32.5 Å². The number of thioether (sulfide) groups is 1. The number of rotatable bonds is 1. The zero-order chi connectivity index (χ0) is 9.19. The second kappa shape index (κ2) is 3.69. The Morgan fingerprint density at radius 1 is 1.50 bits per heavy atom. The van der Waals surface area contributed by atoms with Gasteiger partial charge < -0.3 is 5.32 Å². The second-order valence-corrected chi connectivity index (χ2v) is 5.43. The van der Waals surface area contributed by atoms with E-state index in [4.69, 9.17) is 0 Å². The molecule has 1 N–H and O–H groups in total. The van der Waals surface area contributed by atoms with E-state index in [9.17, 15) is 4.79 Å². The van der Waals surface area contributed by atoms with Gasteiger partial charge in [0.2, 0.25) is 5.91 Å². The summed E-state index contributed by atoms with van der Waals surface area (Å²) in [5.41, 5.74) is -0.243. The summed E-state index contributed by atoms with van der Waals surface area (Å²) in [6.07, 6.45) is 1.13. The van der Waals surface area contributed by atoms with E-state index < -0.39 is 0 Å². The highest BCUT2D eigenvalue weighted by molar-refractivity contribution is 7.99. The summed E-state index contributed by atoms with van der Waals surface area (Å²) in [5.74, 6) is 2.45. The Morgan fingerprint density at radius 3 is 2.58 bits per heavy atom. The van der Waals surface area contributed by atoms with Gasteiger partial charge in [-0.1, -0.05) is 20.8 Å². The molecular weight excluding hydrogens is 170 g/mol. The first kappa shape index (κ1) is 9.90. The largest absolute Gasteiger partial charge is 0.352 e. The van der Waals surface area contributed by atoms with Crippen molar-refractivity contribution >= 4 is 17.7 Å². The van der Waals surface area contributed by atoms with Crippen LogP contribution in [0.15, 0.2) is 0 Å². The van der Waals surface area contributed by atoms with Crippen molar-refractivity contribution in [3.63, 3.8) is 0 Å². The molecule has 70 valence electrons. The van der Waals surface area contributed by atoms with E-state index in [2.05, 4.69) is 5.32 Å². The predicted octanol–water partition coefficient (Wildman–Crippen LogP) is 1.65. The lowest BCUT2D eigenvalue weighted by Crippen LogP contribution is -2.41. The third-order valence-electron chi connectivity index (χ3n) is 1.95. The molecule has 0 aromatic heterocycles. The standard InChI is InChI=1S/C9H17NOS/c1-9(2,3)8(11)10-7-4-5-12-6-7/h7H,4-6H2,1-3H3,(H,10,11). The highest BCUT2D eigenvalue weighted by Crippen LogP contribution is 2.19. The molecule has 0 aliphatic carbocycles. The molecule has 1 amide bonds. The summed E-state index contributed by atoms with van der Waals surface area (Å²) >= 11 is 1.92. The van der Waals surface area contributed by atoms with Crippen LogP contribution in [0.25, 0.3) is 0 Å². The molecule has 1 aliphatic heterocycles. The maximum Gasteiger partial charge on any atom is 0.225 e. The lowest BCUT2D eigenvalue weighted by atomic mass is 9.95. The summed E-state index contributed by atoms with van der Waals surface area (Å²) in [7, 11) is 0. The first-order chi connectivity index (χ1) is 5.50. The predicted molar refractivity (Wildman–Crippen MR) is 53.3 cm³/mol. The Balaban J connectivity index is 2.35. The zero-order valence-corrected chi connectivity index (χ0v) is 8.83. The first-order valence-corrected chi connectivity index (χ1v) is 5.54. The monoisotopic (exact) mass is 187 g/mol. The van der Waals surface area contributed by atoms with Crippen LogP contribution in [0.1, 0.15) is 27.2 Å². The van der Waals surface area contributed by atoms with Crippen LogP contribution in [0.3, 0.4) is 0 Å². The minimum absolute atomic E-state index is 0.176. The lowest BCUT2D eigenvalue weighted by Gasteiger charge is -2.20. The van der Waals surface area contributed by atoms with Crippen molar-refractivity contribution in [1.29, 1.82) is 0 Å². The first-order valence-electron chi connectivity index (χ1n) is 4.39.